The maximum Gasteiger partial charge on any atom is -0.00199 e. The first-order chi connectivity index (χ1) is 24.8. The largest absolute Gasteiger partial charge is 0.0622 e. The fourth-order valence-corrected chi connectivity index (χ4v) is 8.14. The first kappa shape index (κ1) is 28.5. The summed E-state index contributed by atoms with van der Waals surface area (Å²) >= 11 is 0. The van der Waals surface area contributed by atoms with E-state index < -0.39 is 0 Å². The molecule has 0 heterocycles. The zero-order valence-corrected chi connectivity index (χ0v) is 27.5. The molecule has 0 amide bonds. The highest BCUT2D eigenvalue weighted by molar-refractivity contribution is 6.26. The van der Waals surface area contributed by atoms with Crippen molar-refractivity contribution in [2.45, 2.75) is 0 Å². The van der Waals surface area contributed by atoms with Crippen LogP contribution >= 0.6 is 0 Å². The van der Waals surface area contributed by atoms with Gasteiger partial charge in [0.2, 0.25) is 0 Å². The summed E-state index contributed by atoms with van der Waals surface area (Å²) in [7, 11) is 0. The molecule has 0 saturated carbocycles. The molecule has 0 fully saturated rings. The highest BCUT2D eigenvalue weighted by atomic mass is 14.2. The fraction of sp³-hybridized carbons (Fsp3) is 0. The van der Waals surface area contributed by atoms with Crippen LogP contribution in [0.5, 0.6) is 0 Å². The molecule has 0 saturated heterocycles. The van der Waals surface area contributed by atoms with Crippen LogP contribution in [0, 0.1) is 0 Å². The first-order valence-corrected chi connectivity index (χ1v) is 17.4. The van der Waals surface area contributed by atoms with Crippen LogP contribution in [0.4, 0.5) is 0 Å². The standard InChI is InChI=1S/C50H32/c1-2-15-34(16-3-1)39-19-8-11-23-43(39)49-44-24-12-13-25-45(44)50(47-32-38-18-6-7-20-40(38)41-21-9-10-22-42(41)47)46-29-28-37(31-48(46)49)36-27-26-33-14-4-5-17-35(33)30-36/h1-32H. The predicted octanol–water partition coefficient (Wildman–Crippen LogP) is 14.1. The summed E-state index contributed by atoms with van der Waals surface area (Å²) in [6.07, 6.45) is 0. The number of benzene rings is 10. The normalized spacial score (nSPS) is 11.6. The van der Waals surface area contributed by atoms with Gasteiger partial charge in [-0.1, -0.05) is 176 Å². The molecule has 50 heavy (non-hydrogen) atoms. The molecule has 0 heteroatoms. The smallest absolute Gasteiger partial charge is 0.00199 e. The minimum absolute atomic E-state index is 1.21. The van der Waals surface area contributed by atoms with Gasteiger partial charge in [-0.25, -0.2) is 0 Å². The van der Waals surface area contributed by atoms with Gasteiger partial charge in [-0.05, 0) is 117 Å². The number of fused-ring (bicyclic) bond motifs is 6. The molecule has 0 N–H and O–H groups in total. The second-order valence-corrected chi connectivity index (χ2v) is 13.2. The Bertz CT molecular complexity index is 2910. The van der Waals surface area contributed by atoms with Gasteiger partial charge in [0, 0.05) is 0 Å². The lowest BCUT2D eigenvalue weighted by Crippen LogP contribution is -1.94. The van der Waals surface area contributed by atoms with Crippen LogP contribution in [-0.2, 0) is 0 Å². The Labute approximate surface area is 291 Å². The highest BCUT2D eigenvalue weighted by Gasteiger charge is 2.21. The van der Waals surface area contributed by atoms with Crippen LogP contribution in [0.15, 0.2) is 194 Å². The van der Waals surface area contributed by atoms with E-state index in [9.17, 15) is 0 Å². The van der Waals surface area contributed by atoms with Crippen LogP contribution in [0.3, 0.4) is 0 Å². The summed E-state index contributed by atoms with van der Waals surface area (Å²) in [6.45, 7) is 0. The zero-order valence-electron chi connectivity index (χ0n) is 27.5. The van der Waals surface area contributed by atoms with Crippen molar-refractivity contribution in [3.8, 4) is 44.5 Å². The van der Waals surface area contributed by atoms with Gasteiger partial charge in [-0.3, -0.25) is 0 Å². The summed E-state index contributed by atoms with van der Waals surface area (Å²) in [5.41, 5.74) is 9.95. The molecule has 0 atom stereocenters. The molecule has 0 spiro atoms. The van der Waals surface area contributed by atoms with Crippen molar-refractivity contribution < 1.29 is 0 Å². The Morgan fingerprint density at radius 2 is 0.720 bits per heavy atom. The average molecular weight is 633 g/mol. The Kier molecular flexibility index (Phi) is 6.60. The van der Waals surface area contributed by atoms with E-state index in [0.717, 1.165) is 0 Å². The van der Waals surface area contributed by atoms with Gasteiger partial charge in [0.25, 0.3) is 0 Å². The lowest BCUT2D eigenvalue weighted by Gasteiger charge is -2.21. The molecule has 0 aliphatic heterocycles. The molecular formula is C50H32. The summed E-state index contributed by atoms with van der Waals surface area (Å²) in [5.74, 6) is 0. The van der Waals surface area contributed by atoms with Crippen molar-refractivity contribution in [1.29, 1.82) is 0 Å². The van der Waals surface area contributed by atoms with Crippen molar-refractivity contribution in [2.24, 2.45) is 0 Å². The van der Waals surface area contributed by atoms with E-state index in [1.165, 1.54) is 98.4 Å². The SMILES string of the molecule is c1ccc(-c2ccccc2-c2c3ccccc3c(-c3cc4ccccc4c4ccccc34)c3ccc(-c4ccc5ccccc5c4)cc23)cc1. The second-order valence-electron chi connectivity index (χ2n) is 13.2. The highest BCUT2D eigenvalue weighted by Crippen LogP contribution is 2.49. The maximum atomic E-state index is 2.44. The van der Waals surface area contributed by atoms with E-state index in [4.69, 9.17) is 0 Å². The van der Waals surface area contributed by atoms with Crippen LogP contribution in [0.1, 0.15) is 0 Å². The van der Waals surface area contributed by atoms with Crippen molar-refractivity contribution in [3.05, 3.63) is 194 Å². The van der Waals surface area contributed by atoms with Crippen LogP contribution in [0.2, 0.25) is 0 Å². The molecular weight excluding hydrogens is 601 g/mol. The monoisotopic (exact) mass is 632 g/mol. The van der Waals surface area contributed by atoms with Crippen molar-refractivity contribution in [3.63, 3.8) is 0 Å². The molecule has 10 aromatic carbocycles. The fourth-order valence-electron chi connectivity index (χ4n) is 8.14. The van der Waals surface area contributed by atoms with E-state index in [1.807, 2.05) is 0 Å². The maximum absolute atomic E-state index is 2.44. The molecule has 0 radical (unpaired) electrons. The summed E-state index contributed by atoms with van der Waals surface area (Å²) in [4.78, 5) is 0. The Balaban J connectivity index is 1.37. The average Bonchev–Trinajstić information content (AvgIpc) is 3.19. The van der Waals surface area contributed by atoms with Crippen LogP contribution in [0.25, 0.3) is 98.4 Å². The molecule has 0 nitrogen and oxygen atoms in total. The number of hydrogen-bond donors (Lipinski definition) is 0. The van der Waals surface area contributed by atoms with E-state index in [2.05, 4.69) is 194 Å². The van der Waals surface area contributed by atoms with Crippen LogP contribution in [-0.4, -0.2) is 0 Å². The minimum atomic E-state index is 1.21. The van der Waals surface area contributed by atoms with E-state index in [-0.39, 0.29) is 0 Å². The first-order valence-electron chi connectivity index (χ1n) is 17.4. The summed E-state index contributed by atoms with van der Waals surface area (Å²) in [5, 5.41) is 12.6. The summed E-state index contributed by atoms with van der Waals surface area (Å²) < 4.78 is 0. The Morgan fingerprint density at radius 1 is 0.200 bits per heavy atom. The zero-order chi connectivity index (χ0) is 33.0. The van der Waals surface area contributed by atoms with Gasteiger partial charge in [0.15, 0.2) is 0 Å². The number of rotatable bonds is 4. The molecule has 0 aliphatic carbocycles. The molecule has 0 bridgehead atoms. The summed E-state index contributed by atoms with van der Waals surface area (Å²) in [6, 6.07) is 71.4. The lowest BCUT2D eigenvalue weighted by molar-refractivity contribution is 1.60. The van der Waals surface area contributed by atoms with Gasteiger partial charge in [0.1, 0.15) is 0 Å². The third-order valence-electron chi connectivity index (χ3n) is 10.4. The molecule has 232 valence electrons. The molecule has 0 aromatic heterocycles. The molecule has 0 aliphatic rings. The topological polar surface area (TPSA) is 0 Å². The molecule has 10 rings (SSSR count). The van der Waals surface area contributed by atoms with Gasteiger partial charge >= 0.3 is 0 Å². The van der Waals surface area contributed by atoms with Crippen LogP contribution < -0.4 is 0 Å². The van der Waals surface area contributed by atoms with Gasteiger partial charge in [0.05, 0.1) is 0 Å². The minimum Gasteiger partial charge on any atom is -0.0622 e. The van der Waals surface area contributed by atoms with E-state index in [1.54, 1.807) is 0 Å². The van der Waals surface area contributed by atoms with E-state index >= 15 is 0 Å². The second kappa shape index (κ2) is 11.6. The number of hydrogen-bond acceptors (Lipinski definition) is 0. The third-order valence-corrected chi connectivity index (χ3v) is 10.4. The quantitative estimate of drug-likeness (QED) is 0.134. The molecule has 0 unspecified atom stereocenters. The molecule has 10 aromatic rings. The lowest BCUT2D eigenvalue weighted by atomic mass is 9.81. The van der Waals surface area contributed by atoms with Gasteiger partial charge < -0.3 is 0 Å². The van der Waals surface area contributed by atoms with Gasteiger partial charge in [-0.15, -0.1) is 0 Å². The van der Waals surface area contributed by atoms with Crippen molar-refractivity contribution >= 4 is 53.9 Å². The van der Waals surface area contributed by atoms with Gasteiger partial charge in [-0.2, -0.15) is 0 Å². The van der Waals surface area contributed by atoms with Crippen molar-refractivity contribution in [1.82, 2.24) is 0 Å². The predicted molar refractivity (Wildman–Crippen MR) is 216 cm³/mol. The van der Waals surface area contributed by atoms with E-state index in [0.29, 0.717) is 0 Å². The van der Waals surface area contributed by atoms with Crippen molar-refractivity contribution in [2.75, 3.05) is 0 Å². The third kappa shape index (κ3) is 4.54. The Morgan fingerprint density at radius 3 is 1.50 bits per heavy atom. The Hall–Kier alpha value is -6.50.